The predicted molar refractivity (Wildman–Crippen MR) is 135 cm³/mol. The van der Waals surface area contributed by atoms with Crippen molar-refractivity contribution in [1.82, 2.24) is 0 Å². The molecule has 0 amide bonds. The van der Waals surface area contributed by atoms with Crippen molar-refractivity contribution in [3.05, 3.63) is 96.6 Å². The topological polar surface area (TPSA) is 26.3 Å². The molecule has 0 unspecified atom stereocenters. The van der Waals surface area contributed by atoms with Gasteiger partial charge in [0.15, 0.2) is 0 Å². The van der Waals surface area contributed by atoms with Crippen LogP contribution >= 0.6 is 0 Å². The highest BCUT2D eigenvalue weighted by atomic mass is 28.4. The third-order valence-corrected chi connectivity index (χ3v) is 11.9. The fourth-order valence-corrected chi connectivity index (χ4v) is 10.0. The zero-order valence-corrected chi connectivity index (χ0v) is 20.5. The van der Waals surface area contributed by atoms with Crippen LogP contribution in [0.15, 0.2) is 91.0 Å². The minimum Gasteiger partial charge on any atom is -0.404 e. The average Bonchev–Trinajstić information content (AvgIpc) is 2.80. The van der Waals surface area contributed by atoms with Crippen molar-refractivity contribution in [2.75, 3.05) is 0 Å². The van der Waals surface area contributed by atoms with Crippen molar-refractivity contribution in [2.45, 2.75) is 57.6 Å². The van der Waals surface area contributed by atoms with Crippen molar-refractivity contribution >= 4 is 24.5 Å². The second-order valence-corrected chi connectivity index (χ2v) is 14.3. The van der Waals surface area contributed by atoms with E-state index in [1.165, 1.54) is 15.9 Å². The fourth-order valence-electron chi connectivity index (χ4n) is 5.26. The van der Waals surface area contributed by atoms with E-state index in [1.807, 2.05) is 6.07 Å². The number of rotatable bonds is 6. The van der Waals surface area contributed by atoms with Crippen LogP contribution in [0.25, 0.3) is 0 Å². The van der Waals surface area contributed by atoms with E-state index in [9.17, 15) is 4.79 Å². The first-order valence-corrected chi connectivity index (χ1v) is 13.7. The maximum atomic E-state index is 12.5. The van der Waals surface area contributed by atoms with Gasteiger partial charge in [-0.1, -0.05) is 112 Å². The smallest absolute Gasteiger partial charge is 0.261 e. The van der Waals surface area contributed by atoms with Crippen LogP contribution < -0.4 is 10.4 Å². The summed E-state index contributed by atoms with van der Waals surface area (Å²) in [6, 6.07) is 32.2. The van der Waals surface area contributed by atoms with E-state index in [0.29, 0.717) is 18.6 Å². The van der Waals surface area contributed by atoms with Gasteiger partial charge in [0.2, 0.25) is 0 Å². The van der Waals surface area contributed by atoms with Crippen LogP contribution in [0, 0.1) is 5.92 Å². The Bertz CT molecular complexity index is 970. The summed E-state index contributed by atoms with van der Waals surface area (Å²) >= 11 is 0. The molecule has 2 nitrogen and oxygen atoms in total. The maximum absolute atomic E-state index is 12.5. The molecule has 0 radical (unpaired) electrons. The number of ketones is 1. The Morgan fingerprint density at radius 2 is 1.31 bits per heavy atom. The van der Waals surface area contributed by atoms with E-state index in [1.54, 1.807) is 0 Å². The number of benzene rings is 3. The third-order valence-electron chi connectivity index (χ3n) is 6.81. The van der Waals surface area contributed by atoms with E-state index in [2.05, 4.69) is 106 Å². The van der Waals surface area contributed by atoms with E-state index in [-0.39, 0.29) is 17.1 Å². The first-order chi connectivity index (χ1) is 15.4. The fraction of sp³-hybridized carbons (Fsp3) is 0.345. The van der Waals surface area contributed by atoms with Crippen molar-refractivity contribution in [1.29, 1.82) is 0 Å². The van der Waals surface area contributed by atoms with Crippen LogP contribution in [0.3, 0.4) is 0 Å². The van der Waals surface area contributed by atoms with Crippen LogP contribution in [0.2, 0.25) is 5.04 Å². The molecule has 0 N–H and O–H groups in total. The summed E-state index contributed by atoms with van der Waals surface area (Å²) in [5, 5.41) is 2.54. The van der Waals surface area contributed by atoms with Crippen LogP contribution in [-0.2, 0) is 15.6 Å². The maximum Gasteiger partial charge on any atom is 0.261 e. The van der Waals surface area contributed by atoms with Gasteiger partial charge in [-0.15, -0.1) is 0 Å². The molecule has 3 aromatic rings. The largest absolute Gasteiger partial charge is 0.404 e. The standard InChI is InChI=1S/C29H34O2Si/c1-29(2,3)32(26-15-9-5-10-16-26,27-17-11-6-12-18-27)31-28-20-19-25(30)22-24(28)21-23-13-7-4-8-14-23/h4-18,24,28H,19-22H2,1-3H3/t24-,28-/m0/s1. The van der Waals surface area contributed by atoms with Gasteiger partial charge in [-0.2, -0.15) is 0 Å². The van der Waals surface area contributed by atoms with Gasteiger partial charge in [0.1, 0.15) is 5.78 Å². The van der Waals surface area contributed by atoms with Gasteiger partial charge in [0.25, 0.3) is 8.32 Å². The Morgan fingerprint density at radius 3 is 1.81 bits per heavy atom. The molecule has 1 fully saturated rings. The van der Waals surface area contributed by atoms with Gasteiger partial charge in [0, 0.05) is 18.9 Å². The molecule has 0 heterocycles. The molecule has 0 spiro atoms. The first kappa shape index (κ1) is 22.7. The number of carbonyl (C=O) groups is 1. The van der Waals surface area contributed by atoms with Gasteiger partial charge in [0.05, 0.1) is 0 Å². The summed E-state index contributed by atoms with van der Waals surface area (Å²) in [5.41, 5.74) is 1.28. The summed E-state index contributed by atoms with van der Waals surface area (Å²) in [6.07, 6.45) is 2.99. The summed E-state index contributed by atoms with van der Waals surface area (Å²) in [4.78, 5) is 12.5. The monoisotopic (exact) mass is 442 g/mol. The molecule has 3 aromatic carbocycles. The van der Waals surface area contributed by atoms with E-state index >= 15 is 0 Å². The number of Topliss-reactive ketones (excluding diaryl/α,β-unsaturated/α-hetero) is 1. The summed E-state index contributed by atoms with van der Waals surface area (Å²) in [6.45, 7) is 6.96. The summed E-state index contributed by atoms with van der Waals surface area (Å²) in [7, 11) is -2.63. The zero-order chi connectivity index (χ0) is 22.6. The molecule has 1 saturated carbocycles. The molecular weight excluding hydrogens is 408 g/mol. The average molecular weight is 443 g/mol. The highest BCUT2D eigenvalue weighted by Gasteiger charge is 2.52. The van der Waals surface area contributed by atoms with Crippen LogP contribution in [0.5, 0.6) is 0 Å². The molecule has 0 bridgehead atoms. The minimum absolute atomic E-state index is 0.0611. The van der Waals surface area contributed by atoms with Crippen molar-refractivity contribution in [2.24, 2.45) is 5.92 Å². The molecule has 0 saturated heterocycles. The lowest BCUT2D eigenvalue weighted by Crippen LogP contribution is -2.68. The zero-order valence-electron chi connectivity index (χ0n) is 19.5. The SMILES string of the molecule is CC(C)(C)[Si](O[C@H]1CCC(=O)C[C@@H]1Cc1ccccc1)(c1ccccc1)c1ccccc1. The van der Waals surface area contributed by atoms with Gasteiger partial charge in [-0.05, 0) is 39.7 Å². The third kappa shape index (κ3) is 4.64. The second-order valence-electron chi connectivity index (χ2n) is 10.1. The molecule has 32 heavy (non-hydrogen) atoms. The highest BCUT2D eigenvalue weighted by molar-refractivity contribution is 6.99. The number of hydrogen-bond acceptors (Lipinski definition) is 2. The Kier molecular flexibility index (Phi) is 6.78. The van der Waals surface area contributed by atoms with Crippen molar-refractivity contribution in [3.8, 4) is 0 Å². The van der Waals surface area contributed by atoms with E-state index < -0.39 is 8.32 Å². The normalized spacial score (nSPS) is 19.7. The van der Waals surface area contributed by atoms with E-state index in [4.69, 9.17) is 4.43 Å². The highest BCUT2D eigenvalue weighted by Crippen LogP contribution is 2.40. The molecule has 1 aliphatic carbocycles. The van der Waals surface area contributed by atoms with Crippen molar-refractivity contribution in [3.63, 3.8) is 0 Å². The van der Waals surface area contributed by atoms with E-state index in [0.717, 1.165) is 12.8 Å². The molecule has 0 aliphatic heterocycles. The Balaban J connectivity index is 1.78. The van der Waals surface area contributed by atoms with Gasteiger partial charge in [-0.3, -0.25) is 4.79 Å². The first-order valence-electron chi connectivity index (χ1n) is 11.7. The molecule has 0 aromatic heterocycles. The molecule has 4 rings (SSSR count). The van der Waals surface area contributed by atoms with Gasteiger partial charge >= 0.3 is 0 Å². The van der Waals surface area contributed by atoms with Crippen LogP contribution in [0.4, 0.5) is 0 Å². The lowest BCUT2D eigenvalue weighted by molar-refractivity contribution is -0.124. The molecule has 1 aliphatic rings. The lowest BCUT2D eigenvalue weighted by atomic mass is 9.82. The molecule has 166 valence electrons. The molecule has 2 atom stereocenters. The summed E-state index contributed by atoms with van der Waals surface area (Å²) in [5.74, 6) is 0.577. The predicted octanol–water partition coefficient (Wildman–Crippen LogP) is 5.54. The number of carbonyl (C=O) groups excluding carboxylic acids is 1. The lowest BCUT2D eigenvalue weighted by Gasteiger charge is -2.47. The van der Waals surface area contributed by atoms with Crippen LogP contribution in [0.1, 0.15) is 45.6 Å². The van der Waals surface area contributed by atoms with Gasteiger partial charge < -0.3 is 4.43 Å². The second kappa shape index (κ2) is 9.56. The van der Waals surface area contributed by atoms with Crippen molar-refractivity contribution < 1.29 is 9.22 Å². The molecular formula is C29H34O2Si. The Morgan fingerprint density at radius 1 is 0.812 bits per heavy atom. The quantitative estimate of drug-likeness (QED) is 0.468. The summed E-state index contributed by atoms with van der Waals surface area (Å²) < 4.78 is 7.44. The number of hydrogen-bond donors (Lipinski definition) is 0. The Hall–Kier alpha value is -2.49. The van der Waals surface area contributed by atoms with Crippen LogP contribution in [-0.4, -0.2) is 20.2 Å². The Labute approximate surface area is 193 Å². The van der Waals surface area contributed by atoms with Gasteiger partial charge in [-0.25, -0.2) is 0 Å². The molecule has 3 heteroatoms. The minimum atomic E-state index is -2.63.